The van der Waals surface area contributed by atoms with Gasteiger partial charge < -0.3 is 5.32 Å². The SMILES string of the molecule is CSCC[C@H](NC(=O)c1ccccc1)C(=O)N/N=C\C=C\c1ccccc1. The first kappa shape index (κ1) is 20.5. The van der Waals surface area contributed by atoms with Crippen LogP contribution < -0.4 is 10.7 Å². The third-order valence-electron chi connectivity index (χ3n) is 3.69. The number of carbonyl (C=O) groups excluding carboxylic acids is 2. The van der Waals surface area contributed by atoms with Gasteiger partial charge in [-0.2, -0.15) is 16.9 Å². The van der Waals surface area contributed by atoms with Crippen molar-refractivity contribution in [3.05, 3.63) is 77.9 Å². The zero-order valence-electron chi connectivity index (χ0n) is 15.2. The van der Waals surface area contributed by atoms with Crippen LogP contribution in [0.2, 0.25) is 0 Å². The van der Waals surface area contributed by atoms with Crippen molar-refractivity contribution < 1.29 is 9.59 Å². The van der Waals surface area contributed by atoms with Crippen molar-refractivity contribution in [3.63, 3.8) is 0 Å². The Morgan fingerprint density at radius 3 is 2.41 bits per heavy atom. The second kappa shape index (κ2) is 11.7. The molecule has 2 aromatic carbocycles. The van der Waals surface area contributed by atoms with Gasteiger partial charge in [0.15, 0.2) is 0 Å². The highest BCUT2D eigenvalue weighted by atomic mass is 32.2. The monoisotopic (exact) mass is 381 g/mol. The summed E-state index contributed by atoms with van der Waals surface area (Å²) in [4.78, 5) is 24.7. The maximum absolute atomic E-state index is 12.4. The Morgan fingerprint density at radius 2 is 1.74 bits per heavy atom. The lowest BCUT2D eigenvalue weighted by molar-refractivity contribution is -0.123. The fourth-order valence-corrected chi connectivity index (χ4v) is 2.75. The standard InChI is InChI=1S/C21H23N3O2S/c1-27-16-14-19(23-20(25)18-12-6-3-7-13-18)21(26)24-22-15-8-11-17-9-4-2-5-10-17/h2-13,15,19H,14,16H2,1H3,(H,23,25)(H,24,26)/b11-8+,22-15-/t19-/m0/s1. The van der Waals surface area contributed by atoms with Gasteiger partial charge in [0.2, 0.25) is 0 Å². The minimum absolute atomic E-state index is 0.273. The van der Waals surface area contributed by atoms with Crippen LogP contribution in [0.5, 0.6) is 0 Å². The molecule has 27 heavy (non-hydrogen) atoms. The van der Waals surface area contributed by atoms with E-state index in [-0.39, 0.29) is 11.8 Å². The molecule has 2 rings (SSSR count). The van der Waals surface area contributed by atoms with Gasteiger partial charge in [-0.25, -0.2) is 5.43 Å². The highest BCUT2D eigenvalue weighted by Gasteiger charge is 2.20. The fraction of sp³-hybridized carbons (Fsp3) is 0.190. The van der Waals surface area contributed by atoms with E-state index in [1.807, 2.05) is 48.7 Å². The summed E-state index contributed by atoms with van der Waals surface area (Å²) in [5.74, 6) is 0.146. The number of allylic oxidation sites excluding steroid dienone is 1. The van der Waals surface area contributed by atoms with Crippen molar-refractivity contribution in [1.82, 2.24) is 10.7 Å². The highest BCUT2D eigenvalue weighted by Crippen LogP contribution is 2.04. The molecular formula is C21H23N3O2S. The maximum Gasteiger partial charge on any atom is 0.262 e. The molecule has 2 amide bonds. The Morgan fingerprint density at radius 1 is 1.07 bits per heavy atom. The summed E-state index contributed by atoms with van der Waals surface area (Å²) in [5, 5.41) is 6.70. The Balaban J connectivity index is 1.90. The first-order valence-corrected chi connectivity index (χ1v) is 9.99. The van der Waals surface area contributed by atoms with Crippen molar-refractivity contribution >= 4 is 35.9 Å². The van der Waals surface area contributed by atoms with E-state index in [0.717, 1.165) is 11.3 Å². The minimum atomic E-state index is -0.639. The van der Waals surface area contributed by atoms with E-state index < -0.39 is 6.04 Å². The van der Waals surface area contributed by atoms with Crippen molar-refractivity contribution in [2.45, 2.75) is 12.5 Å². The molecule has 0 aliphatic heterocycles. The number of amides is 2. The number of nitrogens with zero attached hydrogens (tertiary/aromatic N) is 1. The van der Waals surface area contributed by atoms with Crippen molar-refractivity contribution in [3.8, 4) is 0 Å². The van der Waals surface area contributed by atoms with E-state index in [0.29, 0.717) is 12.0 Å². The van der Waals surface area contributed by atoms with Crippen LogP contribution in [0.4, 0.5) is 0 Å². The van der Waals surface area contributed by atoms with Crippen LogP contribution in [0.3, 0.4) is 0 Å². The largest absolute Gasteiger partial charge is 0.340 e. The summed E-state index contributed by atoms with van der Waals surface area (Å²) in [6.07, 6.45) is 7.63. The predicted molar refractivity (Wildman–Crippen MR) is 113 cm³/mol. The Hall–Kier alpha value is -2.86. The molecule has 0 saturated heterocycles. The average Bonchev–Trinajstić information content (AvgIpc) is 2.72. The minimum Gasteiger partial charge on any atom is -0.340 e. The summed E-state index contributed by atoms with van der Waals surface area (Å²) in [6, 6.07) is 18.0. The first-order valence-electron chi connectivity index (χ1n) is 8.60. The number of benzene rings is 2. The number of carbonyl (C=O) groups is 2. The quantitative estimate of drug-likeness (QED) is 0.517. The number of thioether (sulfide) groups is 1. The van der Waals surface area contributed by atoms with Gasteiger partial charge in [0.1, 0.15) is 6.04 Å². The zero-order chi connectivity index (χ0) is 19.3. The molecule has 0 aliphatic rings. The van der Waals surface area contributed by atoms with Crippen molar-refractivity contribution in [2.24, 2.45) is 5.10 Å². The van der Waals surface area contributed by atoms with Crippen LogP contribution in [0.1, 0.15) is 22.3 Å². The molecule has 0 spiro atoms. The van der Waals surface area contributed by atoms with Crippen LogP contribution in [0.25, 0.3) is 6.08 Å². The molecule has 0 radical (unpaired) electrons. The third kappa shape index (κ3) is 7.50. The third-order valence-corrected chi connectivity index (χ3v) is 4.34. The predicted octanol–water partition coefficient (Wildman–Crippen LogP) is 3.35. The van der Waals surface area contributed by atoms with Crippen LogP contribution in [0.15, 0.2) is 71.8 Å². The van der Waals surface area contributed by atoms with Crippen LogP contribution in [-0.2, 0) is 4.79 Å². The molecule has 2 N–H and O–H groups in total. The molecule has 2 aromatic rings. The molecule has 140 valence electrons. The van der Waals surface area contributed by atoms with Crippen LogP contribution >= 0.6 is 11.8 Å². The second-order valence-electron chi connectivity index (χ2n) is 5.70. The first-order chi connectivity index (χ1) is 13.2. The average molecular weight is 382 g/mol. The molecule has 0 saturated carbocycles. The van der Waals surface area contributed by atoms with E-state index in [9.17, 15) is 9.59 Å². The number of hydrogen-bond donors (Lipinski definition) is 2. The van der Waals surface area contributed by atoms with Gasteiger partial charge >= 0.3 is 0 Å². The molecule has 1 atom stereocenters. The lowest BCUT2D eigenvalue weighted by Gasteiger charge is -2.16. The van der Waals surface area contributed by atoms with Gasteiger partial charge in [-0.05, 0) is 42.2 Å². The van der Waals surface area contributed by atoms with Gasteiger partial charge in [0.25, 0.3) is 11.8 Å². The van der Waals surface area contributed by atoms with Crippen LogP contribution in [-0.4, -0.2) is 36.1 Å². The molecule has 0 bridgehead atoms. The summed E-state index contributed by atoms with van der Waals surface area (Å²) >= 11 is 1.62. The normalized spacial score (nSPS) is 12.2. The lowest BCUT2D eigenvalue weighted by atomic mass is 10.1. The van der Waals surface area contributed by atoms with Gasteiger partial charge in [-0.3, -0.25) is 9.59 Å². The van der Waals surface area contributed by atoms with E-state index in [1.54, 1.807) is 42.1 Å². The summed E-state index contributed by atoms with van der Waals surface area (Å²) < 4.78 is 0. The lowest BCUT2D eigenvalue weighted by Crippen LogP contribution is -2.45. The molecule has 0 unspecified atom stereocenters. The number of nitrogens with one attached hydrogen (secondary N) is 2. The molecule has 0 heterocycles. The molecule has 5 nitrogen and oxygen atoms in total. The second-order valence-corrected chi connectivity index (χ2v) is 6.68. The Kier molecular flexibility index (Phi) is 8.86. The zero-order valence-corrected chi connectivity index (χ0v) is 16.0. The van der Waals surface area contributed by atoms with Crippen LogP contribution in [0, 0.1) is 0 Å². The van der Waals surface area contributed by atoms with Gasteiger partial charge in [-0.1, -0.05) is 54.6 Å². The van der Waals surface area contributed by atoms with Crippen molar-refractivity contribution in [1.29, 1.82) is 0 Å². The Bertz CT molecular complexity index is 777. The number of hydrazone groups is 1. The number of rotatable bonds is 9. The van der Waals surface area contributed by atoms with E-state index >= 15 is 0 Å². The Labute approximate surface area is 163 Å². The molecule has 0 fully saturated rings. The van der Waals surface area contributed by atoms with Gasteiger partial charge in [0.05, 0.1) is 0 Å². The van der Waals surface area contributed by atoms with Gasteiger partial charge in [0, 0.05) is 11.8 Å². The molecular weight excluding hydrogens is 358 g/mol. The molecule has 6 heteroatoms. The smallest absolute Gasteiger partial charge is 0.262 e. The number of hydrogen-bond acceptors (Lipinski definition) is 4. The molecule has 0 aromatic heterocycles. The maximum atomic E-state index is 12.4. The molecule has 0 aliphatic carbocycles. The highest BCUT2D eigenvalue weighted by molar-refractivity contribution is 7.98. The van der Waals surface area contributed by atoms with E-state index in [4.69, 9.17) is 0 Å². The summed E-state index contributed by atoms with van der Waals surface area (Å²) in [5.41, 5.74) is 4.06. The van der Waals surface area contributed by atoms with Gasteiger partial charge in [-0.15, -0.1) is 0 Å². The van der Waals surface area contributed by atoms with E-state index in [2.05, 4.69) is 15.8 Å². The summed E-state index contributed by atoms with van der Waals surface area (Å²) in [7, 11) is 0. The summed E-state index contributed by atoms with van der Waals surface area (Å²) in [6.45, 7) is 0. The van der Waals surface area contributed by atoms with Crippen molar-refractivity contribution in [2.75, 3.05) is 12.0 Å². The fourth-order valence-electron chi connectivity index (χ4n) is 2.28. The van der Waals surface area contributed by atoms with E-state index in [1.165, 1.54) is 6.21 Å². The topological polar surface area (TPSA) is 70.6 Å².